The monoisotopic (exact) mass is 312 g/mol. The summed E-state index contributed by atoms with van der Waals surface area (Å²) < 4.78 is 33.2. The Morgan fingerprint density at radius 3 is 2.27 bits per heavy atom. The fourth-order valence-electron chi connectivity index (χ4n) is 2.41. The maximum absolute atomic E-state index is 14.1. The van der Waals surface area contributed by atoms with Gasteiger partial charge in [0.2, 0.25) is 5.82 Å². The Labute approximate surface area is 134 Å². The zero-order chi connectivity index (χ0) is 16.5. The molecule has 0 N–H and O–H groups in total. The van der Waals surface area contributed by atoms with Gasteiger partial charge in [0.1, 0.15) is 0 Å². The van der Waals surface area contributed by atoms with Crippen LogP contribution in [0.5, 0.6) is 5.75 Å². The van der Waals surface area contributed by atoms with E-state index in [4.69, 9.17) is 4.74 Å². The highest BCUT2D eigenvalue weighted by Gasteiger charge is 2.15. The molecule has 0 bridgehead atoms. The third kappa shape index (κ3) is 5.94. The van der Waals surface area contributed by atoms with E-state index in [1.54, 1.807) is 12.1 Å². The highest BCUT2D eigenvalue weighted by molar-refractivity contribution is 5.31. The highest BCUT2D eigenvalue weighted by atomic mass is 19.2. The molecule has 0 spiro atoms. The van der Waals surface area contributed by atoms with Crippen LogP contribution >= 0.6 is 0 Å². The Balaban J connectivity index is 2.54. The molecule has 1 nitrogen and oxygen atoms in total. The van der Waals surface area contributed by atoms with Crippen molar-refractivity contribution in [1.82, 2.24) is 0 Å². The summed E-state index contributed by atoms with van der Waals surface area (Å²) in [4.78, 5) is 0. The van der Waals surface area contributed by atoms with E-state index in [0.717, 1.165) is 25.2 Å². The summed E-state index contributed by atoms with van der Waals surface area (Å²) in [5, 5.41) is 0. The van der Waals surface area contributed by atoms with Crippen LogP contribution in [0.15, 0.2) is 12.1 Å². The van der Waals surface area contributed by atoms with Crippen LogP contribution in [0.3, 0.4) is 0 Å². The van der Waals surface area contributed by atoms with E-state index in [-0.39, 0.29) is 5.75 Å². The van der Waals surface area contributed by atoms with Gasteiger partial charge in [-0.2, -0.15) is 4.39 Å². The van der Waals surface area contributed by atoms with Gasteiger partial charge >= 0.3 is 0 Å². The van der Waals surface area contributed by atoms with Crippen molar-refractivity contribution in [3.05, 3.63) is 29.3 Å². The zero-order valence-corrected chi connectivity index (χ0v) is 14.4. The minimum Gasteiger partial charge on any atom is -0.490 e. The number of rotatable bonds is 10. The van der Waals surface area contributed by atoms with Crippen LogP contribution in [0.1, 0.15) is 65.4 Å². The normalized spacial score (nSPS) is 13.9. The average Bonchev–Trinajstić information content (AvgIpc) is 2.52. The van der Waals surface area contributed by atoms with Gasteiger partial charge in [-0.1, -0.05) is 53.0 Å². The van der Waals surface area contributed by atoms with Gasteiger partial charge < -0.3 is 4.74 Å². The summed E-state index contributed by atoms with van der Waals surface area (Å²) in [5.74, 6) is -0.298. The van der Waals surface area contributed by atoms with Crippen molar-refractivity contribution in [1.29, 1.82) is 0 Å². The molecule has 3 heteroatoms. The van der Waals surface area contributed by atoms with Gasteiger partial charge in [0, 0.05) is 0 Å². The number of halogens is 2. The lowest BCUT2D eigenvalue weighted by molar-refractivity contribution is 0.294. The van der Waals surface area contributed by atoms with Crippen LogP contribution in [0.4, 0.5) is 8.78 Å². The lowest BCUT2D eigenvalue weighted by atomic mass is 9.92. The van der Waals surface area contributed by atoms with Gasteiger partial charge in [0.25, 0.3) is 0 Å². The molecule has 0 heterocycles. The van der Waals surface area contributed by atoms with Gasteiger partial charge in [0.05, 0.1) is 6.61 Å². The Bertz CT molecular complexity index is 445. The van der Waals surface area contributed by atoms with Crippen LogP contribution in [0.25, 0.3) is 0 Å². The number of ether oxygens (including phenoxy) is 1. The molecule has 0 aromatic heterocycles. The van der Waals surface area contributed by atoms with Crippen molar-refractivity contribution in [2.24, 2.45) is 11.8 Å². The van der Waals surface area contributed by atoms with Crippen molar-refractivity contribution in [2.75, 3.05) is 6.61 Å². The van der Waals surface area contributed by atoms with E-state index in [9.17, 15) is 8.78 Å². The largest absolute Gasteiger partial charge is 0.490 e. The van der Waals surface area contributed by atoms with Crippen LogP contribution < -0.4 is 4.74 Å². The molecule has 1 aromatic rings. The molecular weight excluding hydrogens is 282 g/mol. The van der Waals surface area contributed by atoms with Crippen LogP contribution in [-0.2, 0) is 6.42 Å². The molecule has 1 rings (SSSR count). The Hall–Kier alpha value is -1.12. The van der Waals surface area contributed by atoms with E-state index in [0.29, 0.717) is 24.5 Å². The SMILES string of the molecule is CCCOc1ccc(CCC(C)CCC(C)CC)c(F)c1F. The molecule has 0 fully saturated rings. The second-order valence-corrected chi connectivity index (χ2v) is 6.43. The number of hydrogen-bond donors (Lipinski definition) is 0. The summed E-state index contributed by atoms with van der Waals surface area (Å²) in [6.45, 7) is 8.99. The smallest absolute Gasteiger partial charge is 0.200 e. The molecule has 0 saturated heterocycles. The topological polar surface area (TPSA) is 9.23 Å². The minimum absolute atomic E-state index is 0.0212. The molecule has 0 amide bonds. The molecule has 2 atom stereocenters. The molecule has 0 saturated carbocycles. The Kier molecular flexibility index (Phi) is 8.44. The number of hydrogen-bond acceptors (Lipinski definition) is 1. The van der Waals surface area contributed by atoms with E-state index < -0.39 is 11.6 Å². The van der Waals surface area contributed by atoms with Crippen molar-refractivity contribution in [3.63, 3.8) is 0 Å². The standard InChI is InChI=1S/C19H30F2O/c1-5-13-22-17-12-11-16(18(20)19(17)21)10-9-15(4)8-7-14(3)6-2/h11-12,14-15H,5-10,13H2,1-4H3. The van der Waals surface area contributed by atoms with Gasteiger partial charge in [0.15, 0.2) is 11.6 Å². The van der Waals surface area contributed by atoms with Crippen LogP contribution in [0, 0.1) is 23.5 Å². The van der Waals surface area contributed by atoms with Gasteiger partial charge in [-0.05, 0) is 42.7 Å². The van der Waals surface area contributed by atoms with E-state index in [1.807, 2.05) is 6.92 Å². The lowest BCUT2D eigenvalue weighted by Crippen LogP contribution is -2.05. The van der Waals surface area contributed by atoms with Crippen molar-refractivity contribution >= 4 is 0 Å². The molecule has 22 heavy (non-hydrogen) atoms. The van der Waals surface area contributed by atoms with Gasteiger partial charge in [-0.25, -0.2) is 4.39 Å². The van der Waals surface area contributed by atoms with Crippen molar-refractivity contribution < 1.29 is 13.5 Å². The summed E-state index contributed by atoms with van der Waals surface area (Å²) in [5.41, 5.74) is 0.455. The predicted octanol–water partition coefficient (Wildman–Crippen LogP) is 6.15. The van der Waals surface area contributed by atoms with Gasteiger partial charge in [-0.15, -0.1) is 0 Å². The van der Waals surface area contributed by atoms with E-state index >= 15 is 0 Å². The Morgan fingerprint density at radius 2 is 1.64 bits per heavy atom. The lowest BCUT2D eigenvalue weighted by Gasteiger charge is -2.15. The third-order valence-electron chi connectivity index (χ3n) is 4.34. The molecule has 1 aromatic carbocycles. The summed E-state index contributed by atoms with van der Waals surface area (Å²) >= 11 is 0. The zero-order valence-electron chi connectivity index (χ0n) is 14.4. The summed E-state index contributed by atoms with van der Waals surface area (Å²) in [7, 11) is 0. The highest BCUT2D eigenvalue weighted by Crippen LogP contribution is 2.25. The van der Waals surface area contributed by atoms with Crippen molar-refractivity contribution in [3.8, 4) is 5.75 Å². The molecule has 126 valence electrons. The minimum atomic E-state index is -0.849. The average molecular weight is 312 g/mol. The summed E-state index contributed by atoms with van der Waals surface area (Å²) in [6.07, 6.45) is 5.80. The summed E-state index contributed by atoms with van der Waals surface area (Å²) in [6, 6.07) is 3.21. The maximum Gasteiger partial charge on any atom is 0.200 e. The van der Waals surface area contributed by atoms with Crippen LogP contribution in [0.2, 0.25) is 0 Å². The van der Waals surface area contributed by atoms with Crippen LogP contribution in [-0.4, -0.2) is 6.61 Å². The predicted molar refractivity (Wildman–Crippen MR) is 88.3 cm³/mol. The van der Waals surface area contributed by atoms with E-state index in [1.165, 1.54) is 12.8 Å². The first-order valence-corrected chi connectivity index (χ1v) is 8.59. The third-order valence-corrected chi connectivity index (χ3v) is 4.34. The maximum atomic E-state index is 14.1. The van der Waals surface area contributed by atoms with E-state index in [2.05, 4.69) is 20.8 Å². The molecular formula is C19H30F2O. The molecule has 0 aliphatic rings. The first-order valence-electron chi connectivity index (χ1n) is 8.59. The fraction of sp³-hybridized carbons (Fsp3) is 0.684. The Morgan fingerprint density at radius 1 is 0.955 bits per heavy atom. The quantitative estimate of drug-likeness (QED) is 0.503. The molecule has 0 aliphatic heterocycles. The fourth-order valence-corrected chi connectivity index (χ4v) is 2.41. The molecule has 0 aliphatic carbocycles. The molecule has 2 unspecified atom stereocenters. The van der Waals surface area contributed by atoms with Gasteiger partial charge in [-0.3, -0.25) is 0 Å². The second-order valence-electron chi connectivity index (χ2n) is 6.43. The molecule has 0 radical (unpaired) electrons. The second kappa shape index (κ2) is 9.81. The number of benzene rings is 1. The first-order chi connectivity index (χ1) is 10.5. The first kappa shape index (κ1) is 18.9. The van der Waals surface area contributed by atoms with Crippen molar-refractivity contribution in [2.45, 2.75) is 66.2 Å². The number of aryl methyl sites for hydroxylation is 1.